The topological polar surface area (TPSA) is 9.23 Å². The zero-order chi connectivity index (χ0) is 20.3. The molecule has 0 heterocycles. The smallest absolute Gasteiger partial charge is 0.400 e. The number of rotatable bonds is 6. The summed E-state index contributed by atoms with van der Waals surface area (Å²) in [7, 11) is 0. The average molecular weight is 402 g/mol. The van der Waals surface area contributed by atoms with Gasteiger partial charge >= 0.3 is 6.11 Å². The van der Waals surface area contributed by atoms with Gasteiger partial charge in [0.25, 0.3) is 0 Å². The number of alkyl halides is 2. The maximum Gasteiger partial charge on any atom is 0.400 e. The highest BCUT2D eigenvalue weighted by atomic mass is 19.3. The minimum Gasteiger partial charge on any atom is -0.432 e. The van der Waals surface area contributed by atoms with Crippen molar-refractivity contribution in [1.82, 2.24) is 0 Å². The predicted molar refractivity (Wildman–Crippen MR) is 97.7 cm³/mol. The van der Waals surface area contributed by atoms with Gasteiger partial charge in [0.15, 0.2) is 17.5 Å². The largest absolute Gasteiger partial charge is 0.432 e. The Labute approximate surface area is 163 Å². The maximum absolute atomic E-state index is 14.5. The summed E-state index contributed by atoms with van der Waals surface area (Å²) in [6.07, 6.45) is 6.40. The lowest BCUT2D eigenvalue weighted by atomic mass is 9.71. The lowest BCUT2D eigenvalue weighted by Crippen LogP contribution is -2.38. The molecule has 0 radical (unpaired) electrons. The van der Waals surface area contributed by atoms with E-state index in [4.69, 9.17) is 0 Å². The number of allylic oxidation sites excluding steroid dienone is 2. The molecular formula is C22H27F5O. The average Bonchev–Trinajstić information content (AvgIpc) is 2.67. The van der Waals surface area contributed by atoms with E-state index in [2.05, 4.69) is 17.7 Å². The molecule has 1 unspecified atom stereocenters. The van der Waals surface area contributed by atoms with E-state index in [1.807, 2.05) is 0 Å². The van der Waals surface area contributed by atoms with Crippen LogP contribution in [0.3, 0.4) is 0 Å². The van der Waals surface area contributed by atoms with Gasteiger partial charge < -0.3 is 4.74 Å². The Balaban J connectivity index is 1.55. The first-order valence-electron chi connectivity index (χ1n) is 10.2. The molecule has 0 N–H and O–H groups in total. The Morgan fingerprint density at radius 1 is 0.964 bits per heavy atom. The number of benzene rings is 1. The van der Waals surface area contributed by atoms with Crippen molar-refractivity contribution >= 4 is 0 Å². The van der Waals surface area contributed by atoms with Gasteiger partial charge in [0, 0.05) is 12.1 Å². The highest BCUT2D eigenvalue weighted by Crippen LogP contribution is 2.45. The van der Waals surface area contributed by atoms with Gasteiger partial charge in [0.1, 0.15) is 5.75 Å². The summed E-state index contributed by atoms with van der Waals surface area (Å²) in [6, 6.07) is 0.917. The van der Waals surface area contributed by atoms with Crippen LogP contribution in [0.25, 0.3) is 0 Å². The molecule has 0 aromatic heterocycles. The van der Waals surface area contributed by atoms with Gasteiger partial charge in [-0.2, -0.15) is 8.78 Å². The summed E-state index contributed by atoms with van der Waals surface area (Å²) in [5.74, 6) is -5.48. The van der Waals surface area contributed by atoms with Crippen LogP contribution in [0.1, 0.15) is 64.7 Å². The van der Waals surface area contributed by atoms with E-state index in [1.165, 1.54) is 5.57 Å². The van der Waals surface area contributed by atoms with Crippen molar-refractivity contribution in [3.63, 3.8) is 0 Å². The third kappa shape index (κ3) is 4.87. The monoisotopic (exact) mass is 402 g/mol. The molecular weight excluding hydrogens is 375 g/mol. The molecule has 0 bridgehead atoms. The molecule has 0 saturated heterocycles. The molecule has 1 fully saturated rings. The standard InChI is InChI=1S/C22H27F5O/c1-2-3-14-4-6-15(7-5-14)16-8-10-17(11-9-16)22(26,27)28-18-12-19(23)21(25)20(24)13-18/h4,12-13,15-17H,2-3,5-11H2,1H3. The minimum atomic E-state index is -3.54. The number of halogens is 5. The first-order valence-corrected chi connectivity index (χ1v) is 10.2. The van der Waals surface area contributed by atoms with Crippen molar-refractivity contribution in [2.75, 3.05) is 0 Å². The van der Waals surface area contributed by atoms with Gasteiger partial charge in [-0.3, -0.25) is 0 Å². The van der Waals surface area contributed by atoms with E-state index in [1.54, 1.807) is 0 Å². The van der Waals surface area contributed by atoms with E-state index in [0.717, 1.165) is 32.1 Å². The van der Waals surface area contributed by atoms with Crippen molar-refractivity contribution in [3.05, 3.63) is 41.2 Å². The van der Waals surface area contributed by atoms with Crippen LogP contribution in [0.4, 0.5) is 22.0 Å². The minimum absolute atomic E-state index is 0.311. The fourth-order valence-corrected chi connectivity index (χ4v) is 4.64. The zero-order valence-electron chi connectivity index (χ0n) is 16.1. The van der Waals surface area contributed by atoms with Crippen LogP contribution in [-0.4, -0.2) is 6.11 Å². The Hall–Kier alpha value is -1.59. The highest BCUT2D eigenvalue weighted by Gasteiger charge is 2.45. The van der Waals surface area contributed by atoms with Crippen LogP contribution < -0.4 is 4.74 Å². The van der Waals surface area contributed by atoms with Crippen molar-refractivity contribution in [3.8, 4) is 5.75 Å². The van der Waals surface area contributed by atoms with Crippen LogP contribution in [0.5, 0.6) is 5.75 Å². The third-order valence-corrected chi connectivity index (χ3v) is 6.24. The lowest BCUT2D eigenvalue weighted by Gasteiger charge is -2.37. The van der Waals surface area contributed by atoms with Crippen LogP contribution in [0.2, 0.25) is 0 Å². The normalized spacial score (nSPS) is 26.1. The summed E-state index contributed by atoms with van der Waals surface area (Å²) in [5, 5.41) is 0. The van der Waals surface area contributed by atoms with Crippen LogP contribution >= 0.6 is 0 Å². The number of ether oxygens (including phenoxy) is 1. The highest BCUT2D eigenvalue weighted by molar-refractivity contribution is 5.25. The maximum atomic E-state index is 14.5. The van der Waals surface area contributed by atoms with Crippen molar-refractivity contribution in [2.24, 2.45) is 17.8 Å². The first kappa shape index (κ1) is 21.1. The molecule has 0 amide bonds. The molecule has 0 aliphatic heterocycles. The van der Waals surface area contributed by atoms with E-state index < -0.39 is 35.2 Å². The first-order chi connectivity index (χ1) is 13.3. The van der Waals surface area contributed by atoms with Gasteiger partial charge in [0.2, 0.25) is 0 Å². The molecule has 2 aliphatic carbocycles. The van der Waals surface area contributed by atoms with Crippen molar-refractivity contribution in [1.29, 1.82) is 0 Å². The van der Waals surface area contributed by atoms with Crippen LogP contribution in [0, 0.1) is 35.2 Å². The van der Waals surface area contributed by atoms with Crippen molar-refractivity contribution < 1.29 is 26.7 Å². The molecule has 2 aliphatic rings. The molecule has 28 heavy (non-hydrogen) atoms. The Morgan fingerprint density at radius 3 is 2.14 bits per heavy atom. The van der Waals surface area contributed by atoms with E-state index >= 15 is 0 Å². The summed E-state index contributed by atoms with van der Waals surface area (Å²) >= 11 is 0. The Kier molecular flexibility index (Phi) is 6.66. The molecule has 1 nitrogen and oxygen atoms in total. The molecule has 156 valence electrons. The van der Waals surface area contributed by atoms with Crippen molar-refractivity contribution in [2.45, 2.75) is 70.8 Å². The molecule has 1 aromatic rings. The molecule has 1 aromatic carbocycles. The molecule has 3 rings (SSSR count). The Bertz CT molecular complexity index is 684. The molecule has 1 atom stereocenters. The fourth-order valence-electron chi connectivity index (χ4n) is 4.64. The van der Waals surface area contributed by atoms with Crippen LogP contribution in [-0.2, 0) is 0 Å². The second kappa shape index (κ2) is 8.83. The fraction of sp³-hybridized carbons (Fsp3) is 0.636. The summed E-state index contributed by atoms with van der Waals surface area (Å²) in [5.41, 5.74) is 1.52. The third-order valence-electron chi connectivity index (χ3n) is 6.24. The Morgan fingerprint density at radius 2 is 1.61 bits per heavy atom. The number of hydrogen-bond donors (Lipinski definition) is 0. The summed E-state index contributed by atoms with van der Waals surface area (Å²) in [4.78, 5) is 0. The van der Waals surface area contributed by atoms with E-state index in [9.17, 15) is 22.0 Å². The molecule has 1 saturated carbocycles. The van der Waals surface area contributed by atoms with Gasteiger partial charge in [-0.25, -0.2) is 13.2 Å². The predicted octanol–water partition coefficient (Wildman–Crippen LogP) is 7.41. The van der Waals surface area contributed by atoms with Gasteiger partial charge in [-0.05, 0) is 63.2 Å². The van der Waals surface area contributed by atoms with Crippen LogP contribution in [0.15, 0.2) is 23.8 Å². The number of hydrogen-bond acceptors (Lipinski definition) is 1. The lowest BCUT2D eigenvalue weighted by molar-refractivity contribution is -0.224. The molecule has 0 spiro atoms. The van der Waals surface area contributed by atoms with Gasteiger partial charge in [0.05, 0.1) is 5.92 Å². The second-order valence-electron chi connectivity index (χ2n) is 8.12. The second-order valence-corrected chi connectivity index (χ2v) is 8.12. The zero-order valence-corrected chi connectivity index (χ0v) is 16.1. The molecule has 6 heteroatoms. The van der Waals surface area contributed by atoms with E-state index in [-0.39, 0.29) is 0 Å². The van der Waals surface area contributed by atoms with Gasteiger partial charge in [-0.15, -0.1) is 0 Å². The summed E-state index contributed by atoms with van der Waals surface area (Å²) in [6.45, 7) is 2.17. The quantitative estimate of drug-likeness (QED) is 0.273. The van der Waals surface area contributed by atoms with Gasteiger partial charge in [-0.1, -0.05) is 25.0 Å². The van der Waals surface area contributed by atoms with E-state index in [0.29, 0.717) is 49.7 Å². The SMILES string of the molecule is CCCC1=CCC(C2CCC(C(F)(F)Oc3cc(F)c(F)c(F)c3)CC2)CC1. The summed E-state index contributed by atoms with van der Waals surface area (Å²) < 4.78 is 73.1.